The summed E-state index contributed by atoms with van der Waals surface area (Å²) in [6.07, 6.45) is 0. The smallest absolute Gasteiger partial charge is 0.268 e. The van der Waals surface area contributed by atoms with Crippen LogP contribution in [-0.4, -0.2) is 10.9 Å². The molecule has 1 amide bonds. The summed E-state index contributed by atoms with van der Waals surface area (Å²) in [4.78, 5) is 17.7. The maximum atomic E-state index is 12.7. The third-order valence-electron chi connectivity index (χ3n) is 3.32. The van der Waals surface area contributed by atoms with Crippen LogP contribution in [0.1, 0.15) is 14.7 Å². The molecule has 1 aromatic heterocycles. The summed E-state index contributed by atoms with van der Waals surface area (Å²) >= 11 is 13.4. The number of aryl methyl sites for hydroxylation is 1. The lowest BCUT2D eigenvalue weighted by Gasteiger charge is -2.08. The summed E-state index contributed by atoms with van der Waals surface area (Å²) in [5.74, 6) is -0.267. The molecule has 122 valence electrons. The van der Waals surface area contributed by atoms with Gasteiger partial charge in [0.25, 0.3) is 5.91 Å². The molecule has 0 saturated carbocycles. The van der Waals surface area contributed by atoms with E-state index in [-0.39, 0.29) is 11.6 Å². The van der Waals surface area contributed by atoms with E-state index in [1.165, 1.54) is 11.3 Å². The van der Waals surface area contributed by atoms with E-state index >= 15 is 0 Å². The summed E-state index contributed by atoms with van der Waals surface area (Å²) < 4.78 is 0. The number of nitrogens with zero attached hydrogens (tertiary/aromatic N) is 1. The van der Waals surface area contributed by atoms with E-state index in [0.717, 1.165) is 10.6 Å². The Morgan fingerprint density at radius 3 is 2.42 bits per heavy atom. The number of carbonyl (C=O) groups excluding carboxylic acids is 1. The fraction of sp³-hybridized carbons (Fsp3) is 0.0588. The first-order valence-electron chi connectivity index (χ1n) is 7.04. The molecule has 0 aliphatic rings. The van der Waals surface area contributed by atoms with Crippen molar-refractivity contribution in [3.8, 4) is 11.3 Å². The van der Waals surface area contributed by atoms with Crippen LogP contribution in [0.25, 0.3) is 11.3 Å². The number of amides is 1. The molecule has 0 aliphatic carbocycles. The lowest BCUT2D eigenvalue weighted by molar-refractivity contribution is 0.103. The normalized spacial score (nSPS) is 10.6. The highest BCUT2D eigenvalue weighted by Crippen LogP contribution is 2.33. The summed E-state index contributed by atoms with van der Waals surface area (Å²) in [6, 6.07) is 12.7. The molecule has 2 aromatic carbocycles. The Morgan fingerprint density at radius 1 is 1.17 bits per heavy atom. The molecule has 1 heterocycles. The first kappa shape index (κ1) is 16.8. The Kier molecular flexibility index (Phi) is 4.76. The average Bonchev–Trinajstić information content (AvgIpc) is 2.95. The molecule has 0 bridgehead atoms. The second-order valence-electron chi connectivity index (χ2n) is 5.08. The van der Waals surface area contributed by atoms with Crippen LogP contribution in [0.3, 0.4) is 0 Å². The van der Waals surface area contributed by atoms with Crippen molar-refractivity contribution in [2.45, 2.75) is 6.92 Å². The Bertz CT molecular complexity index is 886. The predicted octanol–water partition coefficient (Wildman–Crippen LogP) is 5.26. The van der Waals surface area contributed by atoms with Crippen LogP contribution in [0.2, 0.25) is 10.0 Å². The second kappa shape index (κ2) is 6.81. The van der Waals surface area contributed by atoms with Crippen LogP contribution in [0.4, 0.5) is 11.4 Å². The molecule has 0 spiro atoms. The van der Waals surface area contributed by atoms with Crippen LogP contribution >= 0.6 is 34.5 Å². The highest BCUT2D eigenvalue weighted by atomic mass is 35.5. The van der Waals surface area contributed by atoms with Crippen LogP contribution in [0, 0.1) is 6.92 Å². The number of nitrogens with one attached hydrogen (secondary N) is 1. The van der Waals surface area contributed by atoms with Crippen molar-refractivity contribution in [2.75, 3.05) is 11.1 Å². The van der Waals surface area contributed by atoms with Crippen molar-refractivity contribution in [3.63, 3.8) is 0 Å². The number of thiazole rings is 1. The zero-order valence-corrected chi connectivity index (χ0v) is 15.0. The van der Waals surface area contributed by atoms with Gasteiger partial charge in [-0.1, -0.05) is 53.5 Å². The SMILES string of the molecule is Cc1nc(-c2ccccc2)c(C(=O)Nc2cc(Cl)c(N)c(Cl)c2)s1. The number of rotatable bonds is 3. The molecule has 0 fully saturated rings. The third kappa shape index (κ3) is 3.38. The predicted molar refractivity (Wildman–Crippen MR) is 101 cm³/mol. The Labute approximate surface area is 153 Å². The molecule has 4 nitrogen and oxygen atoms in total. The fourth-order valence-corrected chi connectivity index (χ4v) is 3.54. The van der Waals surface area contributed by atoms with Gasteiger partial charge in [0.1, 0.15) is 4.88 Å². The lowest BCUT2D eigenvalue weighted by atomic mass is 10.1. The van der Waals surface area contributed by atoms with E-state index in [9.17, 15) is 4.79 Å². The zero-order chi connectivity index (χ0) is 17.3. The maximum absolute atomic E-state index is 12.7. The topological polar surface area (TPSA) is 68.0 Å². The molecule has 0 saturated heterocycles. The number of hydrogen-bond acceptors (Lipinski definition) is 4. The number of aromatic nitrogens is 1. The number of hydrogen-bond donors (Lipinski definition) is 2. The number of carbonyl (C=O) groups is 1. The van der Waals surface area contributed by atoms with Crippen molar-refractivity contribution in [2.24, 2.45) is 0 Å². The van der Waals surface area contributed by atoms with E-state index in [1.807, 2.05) is 37.3 Å². The number of benzene rings is 2. The molecule has 3 aromatic rings. The zero-order valence-electron chi connectivity index (χ0n) is 12.6. The van der Waals surface area contributed by atoms with Gasteiger partial charge in [0, 0.05) is 11.3 Å². The first-order valence-corrected chi connectivity index (χ1v) is 8.61. The Hall–Kier alpha value is -2.08. The van der Waals surface area contributed by atoms with Crippen LogP contribution < -0.4 is 11.1 Å². The van der Waals surface area contributed by atoms with E-state index in [0.29, 0.717) is 26.3 Å². The molecule has 0 unspecified atom stereocenters. The monoisotopic (exact) mass is 377 g/mol. The fourth-order valence-electron chi connectivity index (χ4n) is 2.22. The Morgan fingerprint density at radius 2 is 1.79 bits per heavy atom. The molecule has 0 atom stereocenters. The van der Waals surface area contributed by atoms with Gasteiger partial charge in [0.05, 0.1) is 26.4 Å². The maximum Gasteiger partial charge on any atom is 0.268 e. The van der Waals surface area contributed by atoms with Gasteiger partial charge in [-0.2, -0.15) is 0 Å². The van der Waals surface area contributed by atoms with Crippen LogP contribution in [-0.2, 0) is 0 Å². The summed E-state index contributed by atoms with van der Waals surface area (Å²) in [6.45, 7) is 1.87. The van der Waals surface area contributed by atoms with E-state index in [4.69, 9.17) is 28.9 Å². The first-order chi connectivity index (χ1) is 11.5. The summed E-state index contributed by atoms with van der Waals surface area (Å²) in [7, 11) is 0. The van der Waals surface area contributed by atoms with Gasteiger partial charge in [0.2, 0.25) is 0 Å². The van der Waals surface area contributed by atoms with Gasteiger partial charge < -0.3 is 11.1 Å². The van der Waals surface area contributed by atoms with E-state index < -0.39 is 0 Å². The van der Waals surface area contributed by atoms with Crippen LogP contribution in [0.15, 0.2) is 42.5 Å². The minimum Gasteiger partial charge on any atom is -0.396 e. The standard InChI is InChI=1S/C17H13Cl2N3OS/c1-9-21-15(10-5-3-2-4-6-10)16(24-9)17(23)22-11-7-12(18)14(20)13(19)8-11/h2-8H,20H2,1H3,(H,22,23). The van der Waals surface area contributed by atoms with Gasteiger partial charge in [0.15, 0.2) is 0 Å². The highest BCUT2D eigenvalue weighted by Gasteiger charge is 2.19. The van der Waals surface area contributed by atoms with Crippen molar-refractivity contribution in [3.05, 3.63) is 62.4 Å². The second-order valence-corrected chi connectivity index (χ2v) is 7.10. The molecule has 24 heavy (non-hydrogen) atoms. The minimum atomic E-state index is -0.267. The molecule has 3 rings (SSSR count). The number of nitrogens with two attached hydrogens (primary N) is 1. The van der Waals surface area contributed by atoms with Gasteiger partial charge >= 0.3 is 0 Å². The van der Waals surface area contributed by atoms with Crippen molar-refractivity contribution >= 4 is 51.8 Å². The highest BCUT2D eigenvalue weighted by molar-refractivity contribution is 7.14. The molecular weight excluding hydrogens is 365 g/mol. The van der Waals surface area contributed by atoms with Crippen molar-refractivity contribution in [1.82, 2.24) is 4.98 Å². The number of anilines is 2. The molecule has 0 radical (unpaired) electrons. The molecule has 7 heteroatoms. The number of halogens is 2. The quantitative estimate of drug-likeness (QED) is 0.611. The molecular formula is C17H13Cl2N3OS. The van der Waals surface area contributed by atoms with Crippen LogP contribution in [0.5, 0.6) is 0 Å². The summed E-state index contributed by atoms with van der Waals surface area (Å²) in [5, 5.41) is 4.20. The largest absolute Gasteiger partial charge is 0.396 e. The van der Waals surface area contributed by atoms with Gasteiger partial charge in [-0.15, -0.1) is 11.3 Å². The average molecular weight is 378 g/mol. The van der Waals surface area contributed by atoms with Crippen molar-refractivity contribution in [1.29, 1.82) is 0 Å². The van der Waals surface area contributed by atoms with Gasteiger partial charge in [-0.3, -0.25) is 4.79 Å². The molecule has 0 aliphatic heterocycles. The molecule has 3 N–H and O–H groups in total. The minimum absolute atomic E-state index is 0.267. The van der Waals surface area contributed by atoms with Gasteiger partial charge in [-0.05, 0) is 19.1 Å². The Balaban J connectivity index is 1.94. The third-order valence-corrected chi connectivity index (χ3v) is 4.92. The van der Waals surface area contributed by atoms with E-state index in [2.05, 4.69) is 10.3 Å². The van der Waals surface area contributed by atoms with E-state index in [1.54, 1.807) is 12.1 Å². The number of nitrogen functional groups attached to an aromatic ring is 1. The van der Waals surface area contributed by atoms with Crippen molar-refractivity contribution < 1.29 is 4.79 Å². The summed E-state index contributed by atoms with van der Waals surface area (Å²) in [5.41, 5.74) is 8.02. The lowest BCUT2D eigenvalue weighted by Crippen LogP contribution is -2.11. The van der Waals surface area contributed by atoms with Gasteiger partial charge in [-0.25, -0.2) is 4.98 Å².